The molecule has 0 aliphatic heterocycles. The zero-order valence-electron chi connectivity index (χ0n) is 10.4. The zero-order valence-corrected chi connectivity index (χ0v) is 10.4. The first-order valence-corrected chi connectivity index (χ1v) is 6.45. The van der Waals surface area contributed by atoms with Gasteiger partial charge in [0.2, 0.25) is 0 Å². The van der Waals surface area contributed by atoms with Crippen molar-refractivity contribution in [2.24, 2.45) is 0 Å². The Labute approximate surface area is 104 Å². The van der Waals surface area contributed by atoms with Gasteiger partial charge in [-0.1, -0.05) is 43.5 Å². The molecule has 1 aliphatic rings. The lowest BCUT2D eigenvalue weighted by molar-refractivity contribution is 0.357. The molecule has 0 atom stereocenters. The first-order valence-electron chi connectivity index (χ1n) is 6.45. The van der Waals surface area contributed by atoms with Crippen molar-refractivity contribution in [3.8, 4) is 6.07 Å². The van der Waals surface area contributed by atoms with E-state index in [4.69, 9.17) is 5.26 Å². The van der Waals surface area contributed by atoms with E-state index in [9.17, 15) is 0 Å². The molecule has 0 radical (unpaired) electrons. The molecule has 0 saturated heterocycles. The quantitative estimate of drug-likeness (QED) is 0.687. The third-order valence-corrected chi connectivity index (χ3v) is 3.82. The van der Waals surface area contributed by atoms with Crippen LogP contribution in [0.5, 0.6) is 0 Å². The average Bonchev–Trinajstić information content (AvgIpc) is 2.40. The van der Waals surface area contributed by atoms with Crippen molar-refractivity contribution >= 4 is 0 Å². The maximum Gasteiger partial charge on any atom is 0.0991 e. The predicted molar refractivity (Wildman–Crippen MR) is 70.7 cm³/mol. The summed E-state index contributed by atoms with van der Waals surface area (Å²) in [6.07, 6.45) is 11.0. The normalized spacial score (nSPS) is 19.1. The van der Waals surface area contributed by atoms with E-state index in [0.717, 1.165) is 5.56 Å². The SMILES string of the molecule is CC=CC1(c2ccc(C#N)cc2)CCCCC1. The van der Waals surface area contributed by atoms with E-state index in [-0.39, 0.29) is 5.41 Å². The maximum absolute atomic E-state index is 8.84. The summed E-state index contributed by atoms with van der Waals surface area (Å²) in [5.41, 5.74) is 2.34. The van der Waals surface area contributed by atoms with E-state index < -0.39 is 0 Å². The fourth-order valence-electron chi connectivity index (χ4n) is 2.93. The number of nitriles is 1. The molecular formula is C16H19N. The van der Waals surface area contributed by atoms with Crippen LogP contribution in [0.4, 0.5) is 0 Å². The van der Waals surface area contributed by atoms with Gasteiger partial charge in [-0.2, -0.15) is 5.26 Å². The first kappa shape index (κ1) is 11.9. The summed E-state index contributed by atoms with van der Waals surface area (Å²) in [5, 5.41) is 8.84. The van der Waals surface area contributed by atoms with Crippen molar-refractivity contribution < 1.29 is 0 Å². The van der Waals surface area contributed by atoms with Crippen molar-refractivity contribution in [1.29, 1.82) is 5.26 Å². The van der Waals surface area contributed by atoms with Crippen LogP contribution in [-0.2, 0) is 5.41 Å². The summed E-state index contributed by atoms with van der Waals surface area (Å²) in [4.78, 5) is 0. The highest BCUT2D eigenvalue weighted by atomic mass is 14.3. The second kappa shape index (κ2) is 5.19. The Balaban J connectivity index is 2.35. The lowest BCUT2D eigenvalue weighted by Gasteiger charge is -2.35. The number of nitrogens with zero attached hydrogens (tertiary/aromatic N) is 1. The van der Waals surface area contributed by atoms with Gasteiger partial charge in [0.25, 0.3) is 0 Å². The van der Waals surface area contributed by atoms with Crippen molar-refractivity contribution in [2.45, 2.75) is 44.4 Å². The number of allylic oxidation sites excluding steroid dienone is 2. The highest BCUT2D eigenvalue weighted by molar-refractivity contribution is 5.38. The summed E-state index contributed by atoms with van der Waals surface area (Å²) in [6.45, 7) is 2.10. The van der Waals surface area contributed by atoms with Crippen LogP contribution in [0.25, 0.3) is 0 Å². The standard InChI is InChI=1S/C16H19N/c1-2-10-16(11-4-3-5-12-16)15-8-6-14(13-17)7-9-15/h2,6-10H,3-5,11-12H2,1H3. The second-order valence-corrected chi connectivity index (χ2v) is 4.91. The summed E-state index contributed by atoms with van der Waals surface area (Å²) >= 11 is 0. The van der Waals surface area contributed by atoms with E-state index in [2.05, 4.69) is 37.3 Å². The van der Waals surface area contributed by atoms with Gasteiger partial charge in [-0.15, -0.1) is 0 Å². The molecule has 1 aliphatic carbocycles. The number of benzene rings is 1. The molecule has 1 aromatic carbocycles. The van der Waals surface area contributed by atoms with Crippen LogP contribution in [0.2, 0.25) is 0 Å². The molecule has 0 aromatic heterocycles. The van der Waals surface area contributed by atoms with Gasteiger partial charge in [0.1, 0.15) is 0 Å². The minimum Gasteiger partial charge on any atom is -0.192 e. The van der Waals surface area contributed by atoms with E-state index in [0.29, 0.717) is 0 Å². The van der Waals surface area contributed by atoms with Gasteiger partial charge in [-0.05, 0) is 37.5 Å². The third-order valence-electron chi connectivity index (χ3n) is 3.82. The zero-order chi connectivity index (χ0) is 12.1. The molecule has 1 heteroatoms. The summed E-state index contributed by atoms with van der Waals surface area (Å²) < 4.78 is 0. The van der Waals surface area contributed by atoms with Gasteiger partial charge in [-0.3, -0.25) is 0 Å². The Bertz CT molecular complexity index is 428. The Morgan fingerprint density at radius 3 is 2.29 bits per heavy atom. The predicted octanol–water partition coefficient (Wildman–Crippen LogP) is 4.34. The van der Waals surface area contributed by atoms with E-state index in [1.807, 2.05) is 12.1 Å². The van der Waals surface area contributed by atoms with Gasteiger partial charge >= 0.3 is 0 Å². The minimum absolute atomic E-state index is 0.223. The highest BCUT2D eigenvalue weighted by Gasteiger charge is 2.30. The minimum atomic E-state index is 0.223. The molecule has 0 bridgehead atoms. The van der Waals surface area contributed by atoms with Crippen LogP contribution in [0.1, 0.15) is 50.2 Å². The Morgan fingerprint density at radius 1 is 1.12 bits per heavy atom. The summed E-state index contributed by atoms with van der Waals surface area (Å²) in [6, 6.07) is 10.3. The molecule has 1 fully saturated rings. The highest BCUT2D eigenvalue weighted by Crippen LogP contribution is 2.40. The van der Waals surface area contributed by atoms with Gasteiger partial charge < -0.3 is 0 Å². The molecule has 0 unspecified atom stereocenters. The van der Waals surface area contributed by atoms with Gasteiger partial charge in [0, 0.05) is 5.41 Å². The molecule has 0 N–H and O–H groups in total. The van der Waals surface area contributed by atoms with Gasteiger partial charge in [-0.25, -0.2) is 0 Å². The lowest BCUT2D eigenvalue weighted by Crippen LogP contribution is -2.26. The molecule has 0 spiro atoms. The topological polar surface area (TPSA) is 23.8 Å². The van der Waals surface area contributed by atoms with E-state index in [1.165, 1.54) is 37.7 Å². The Hall–Kier alpha value is -1.55. The van der Waals surface area contributed by atoms with E-state index >= 15 is 0 Å². The van der Waals surface area contributed by atoms with Gasteiger partial charge in [0.05, 0.1) is 11.6 Å². The molecule has 17 heavy (non-hydrogen) atoms. The Kier molecular flexibility index (Phi) is 3.64. The molecule has 1 saturated carbocycles. The van der Waals surface area contributed by atoms with E-state index in [1.54, 1.807) is 0 Å². The molecule has 1 aromatic rings. The smallest absolute Gasteiger partial charge is 0.0991 e. The van der Waals surface area contributed by atoms with Crippen molar-refractivity contribution in [3.63, 3.8) is 0 Å². The van der Waals surface area contributed by atoms with Crippen LogP contribution in [0, 0.1) is 11.3 Å². The summed E-state index contributed by atoms with van der Waals surface area (Å²) in [5.74, 6) is 0. The molecule has 0 heterocycles. The van der Waals surface area contributed by atoms with Crippen molar-refractivity contribution in [3.05, 3.63) is 47.5 Å². The van der Waals surface area contributed by atoms with Crippen LogP contribution >= 0.6 is 0 Å². The third kappa shape index (κ3) is 2.42. The molecular weight excluding hydrogens is 206 g/mol. The van der Waals surface area contributed by atoms with Crippen LogP contribution in [0.15, 0.2) is 36.4 Å². The summed E-state index contributed by atoms with van der Waals surface area (Å²) in [7, 11) is 0. The van der Waals surface area contributed by atoms with Gasteiger partial charge in [0.15, 0.2) is 0 Å². The fraction of sp³-hybridized carbons (Fsp3) is 0.438. The first-order chi connectivity index (χ1) is 8.30. The number of hydrogen-bond acceptors (Lipinski definition) is 1. The fourth-order valence-corrected chi connectivity index (χ4v) is 2.93. The lowest BCUT2D eigenvalue weighted by atomic mass is 9.69. The molecule has 2 rings (SSSR count). The monoisotopic (exact) mass is 225 g/mol. The van der Waals surface area contributed by atoms with Crippen LogP contribution in [0.3, 0.4) is 0 Å². The largest absolute Gasteiger partial charge is 0.192 e. The Morgan fingerprint density at radius 2 is 1.76 bits per heavy atom. The van der Waals surface area contributed by atoms with Crippen molar-refractivity contribution in [2.75, 3.05) is 0 Å². The molecule has 88 valence electrons. The number of rotatable bonds is 2. The average molecular weight is 225 g/mol. The number of hydrogen-bond donors (Lipinski definition) is 0. The second-order valence-electron chi connectivity index (χ2n) is 4.91. The molecule has 1 nitrogen and oxygen atoms in total. The van der Waals surface area contributed by atoms with Crippen LogP contribution in [-0.4, -0.2) is 0 Å². The van der Waals surface area contributed by atoms with Crippen molar-refractivity contribution in [1.82, 2.24) is 0 Å². The maximum atomic E-state index is 8.84. The molecule has 0 amide bonds. The van der Waals surface area contributed by atoms with Crippen LogP contribution < -0.4 is 0 Å².